The minimum absolute atomic E-state index is 0.0271. The van der Waals surface area contributed by atoms with Crippen molar-refractivity contribution in [2.45, 2.75) is 30.6 Å². The third-order valence-electron chi connectivity index (χ3n) is 3.38. The van der Waals surface area contributed by atoms with Crippen LogP contribution in [-0.4, -0.2) is 36.9 Å². The van der Waals surface area contributed by atoms with E-state index in [4.69, 9.17) is 5.11 Å². The fourth-order valence-electron chi connectivity index (χ4n) is 2.30. The summed E-state index contributed by atoms with van der Waals surface area (Å²) in [6.45, 7) is 0.984. The Kier molecular flexibility index (Phi) is 4.82. The van der Waals surface area contributed by atoms with Crippen LogP contribution < -0.4 is 0 Å². The Morgan fingerprint density at radius 3 is 2.30 bits per heavy atom. The number of carboxylic acids is 1. The summed E-state index contributed by atoms with van der Waals surface area (Å²) in [6, 6.07) is 4.28. The van der Waals surface area contributed by atoms with Crippen LogP contribution in [0.4, 0.5) is 0 Å². The van der Waals surface area contributed by atoms with Crippen LogP contribution in [0.1, 0.15) is 36.0 Å². The maximum absolute atomic E-state index is 12.6. The fourth-order valence-corrected chi connectivity index (χ4v) is 4.95. The van der Waals surface area contributed by atoms with E-state index in [0.29, 0.717) is 13.1 Å². The second-order valence-electron chi connectivity index (χ2n) is 4.74. The molecule has 0 spiro atoms. The Morgan fingerprint density at radius 1 is 1.15 bits per heavy atom. The Morgan fingerprint density at radius 2 is 1.75 bits per heavy atom. The van der Waals surface area contributed by atoms with Gasteiger partial charge in [-0.25, -0.2) is 13.2 Å². The average Bonchev–Trinajstić information content (AvgIpc) is 2.67. The molecule has 0 saturated carbocycles. The van der Waals surface area contributed by atoms with Gasteiger partial charge < -0.3 is 5.11 Å². The molecule has 1 aromatic rings. The normalized spacial score (nSPS) is 17.6. The van der Waals surface area contributed by atoms with Crippen LogP contribution in [0.3, 0.4) is 0 Å². The molecule has 1 aromatic carbocycles. The van der Waals surface area contributed by atoms with Gasteiger partial charge in [0, 0.05) is 13.1 Å². The predicted molar refractivity (Wildman–Crippen MR) is 78.3 cm³/mol. The third kappa shape index (κ3) is 3.05. The van der Waals surface area contributed by atoms with Crippen LogP contribution >= 0.6 is 15.9 Å². The van der Waals surface area contributed by atoms with Crippen LogP contribution in [0.15, 0.2) is 27.6 Å². The molecular weight excluding hydrogens is 346 g/mol. The van der Waals surface area contributed by atoms with Crippen LogP contribution in [0.5, 0.6) is 0 Å². The Balaban J connectivity index is 2.43. The van der Waals surface area contributed by atoms with E-state index in [1.54, 1.807) is 0 Å². The van der Waals surface area contributed by atoms with Crippen LogP contribution in [0.25, 0.3) is 0 Å². The molecule has 0 aromatic heterocycles. The Hall–Kier alpha value is -0.920. The second kappa shape index (κ2) is 6.24. The highest BCUT2D eigenvalue weighted by Crippen LogP contribution is 2.29. The Bertz CT molecular complexity index is 607. The zero-order valence-corrected chi connectivity index (χ0v) is 13.3. The zero-order valence-electron chi connectivity index (χ0n) is 10.9. The molecule has 110 valence electrons. The van der Waals surface area contributed by atoms with Crippen molar-refractivity contribution in [2.24, 2.45) is 0 Å². The molecule has 0 unspecified atom stereocenters. The lowest BCUT2D eigenvalue weighted by Crippen LogP contribution is -2.32. The van der Waals surface area contributed by atoms with E-state index in [1.165, 1.54) is 22.5 Å². The van der Waals surface area contributed by atoms with Gasteiger partial charge in [0.05, 0.1) is 14.9 Å². The number of benzene rings is 1. The fraction of sp³-hybridized carbons (Fsp3) is 0.462. The molecule has 1 aliphatic rings. The number of carboxylic acid groups (broad SMARTS) is 1. The quantitative estimate of drug-likeness (QED) is 0.897. The summed E-state index contributed by atoms with van der Waals surface area (Å²) in [5.74, 6) is -1.15. The first-order valence-corrected chi connectivity index (χ1v) is 8.70. The minimum atomic E-state index is -3.65. The summed E-state index contributed by atoms with van der Waals surface area (Å²) in [7, 11) is -3.65. The van der Waals surface area contributed by atoms with Gasteiger partial charge in [0.15, 0.2) is 0 Å². The van der Waals surface area contributed by atoms with Crippen LogP contribution in [0.2, 0.25) is 0 Å². The van der Waals surface area contributed by atoms with Gasteiger partial charge in [-0.15, -0.1) is 0 Å². The van der Waals surface area contributed by atoms with Gasteiger partial charge in [-0.3, -0.25) is 0 Å². The van der Waals surface area contributed by atoms with E-state index in [-0.39, 0.29) is 14.9 Å². The number of hydrogen-bond donors (Lipinski definition) is 1. The SMILES string of the molecule is O=C(O)c1cccc(S(=O)(=O)N2CCCCCC2)c1Br. The molecule has 1 heterocycles. The van der Waals surface area contributed by atoms with E-state index in [0.717, 1.165) is 25.7 Å². The summed E-state index contributed by atoms with van der Waals surface area (Å²) in [5.41, 5.74) is -0.0408. The summed E-state index contributed by atoms with van der Waals surface area (Å²) >= 11 is 3.12. The molecule has 2 rings (SSSR count). The summed E-state index contributed by atoms with van der Waals surface area (Å²) < 4.78 is 26.8. The van der Waals surface area contributed by atoms with Gasteiger partial charge in [0.1, 0.15) is 0 Å². The minimum Gasteiger partial charge on any atom is -0.478 e. The van der Waals surface area contributed by atoms with Gasteiger partial charge >= 0.3 is 5.97 Å². The van der Waals surface area contributed by atoms with Crippen molar-refractivity contribution in [1.29, 1.82) is 0 Å². The molecule has 1 aliphatic heterocycles. The first-order valence-electron chi connectivity index (χ1n) is 6.46. The molecule has 0 aliphatic carbocycles. The van der Waals surface area contributed by atoms with Crippen molar-refractivity contribution < 1.29 is 18.3 Å². The zero-order chi connectivity index (χ0) is 14.8. The molecule has 5 nitrogen and oxygen atoms in total. The van der Waals surface area contributed by atoms with E-state index >= 15 is 0 Å². The molecule has 1 N–H and O–H groups in total. The summed E-state index contributed by atoms with van der Waals surface area (Å²) in [4.78, 5) is 11.1. The van der Waals surface area contributed by atoms with Gasteiger partial charge in [-0.2, -0.15) is 4.31 Å². The van der Waals surface area contributed by atoms with E-state index in [2.05, 4.69) is 15.9 Å². The predicted octanol–water partition coefficient (Wildman–Crippen LogP) is 2.71. The van der Waals surface area contributed by atoms with Gasteiger partial charge in [0.25, 0.3) is 0 Å². The van der Waals surface area contributed by atoms with E-state index < -0.39 is 16.0 Å². The van der Waals surface area contributed by atoms with Gasteiger partial charge in [-0.1, -0.05) is 18.9 Å². The molecule has 0 atom stereocenters. The van der Waals surface area contributed by atoms with E-state index in [1.807, 2.05) is 0 Å². The molecular formula is C13H16BrNO4S. The number of nitrogens with zero attached hydrogens (tertiary/aromatic N) is 1. The number of rotatable bonds is 3. The lowest BCUT2D eigenvalue weighted by Gasteiger charge is -2.21. The first-order chi connectivity index (χ1) is 9.44. The van der Waals surface area contributed by atoms with Crippen molar-refractivity contribution in [3.63, 3.8) is 0 Å². The molecule has 1 fully saturated rings. The van der Waals surface area contributed by atoms with E-state index in [9.17, 15) is 13.2 Å². The summed E-state index contributed by atoms with van der Waals surface area (Å²) in [6.07, 6.45) is 3.75. The number of carbonyl (C=O) groups is 1. The molecule has 1 saturated heterocycles. The highest BCUT2D eigenvalue weighted by molar-refractivity contribution is 9.10. The standard InChI is InChI=1S/C13H16BrNO4S/c14-12-10(13(16)17)6-5-7-11(12)20(18,19)15-8-3-1-2-4-9-15/h5-7H,1-4,8-9H2,(H,16,17). The number of sulfonamides is 1. The third-order valence-corrected chi connectivity index (χ3v) is 6.43. The number of halogens is 1. The molecule has 0 amide bonds. The van der Waals surface area contributed by atoms with Gasteiger partial charge in [-0.05, 0) is 40.9 Å². The average molecular weight is 362 g/mol. The van der Waals surface area contributed by atoms with Crippen LogP contribution in [0, 0.1) is 0 Å². The second-order valence-corrected chi connectivity index (χ2v) is 7.44. The highest BCUT2D eigenvalue weighted by atomic mass is 79.9. The van der Waals surface area contributed by atoms with Crippen molar-refractivity contribution in [2.75, 3.05) is 13.1 Å². The first kappa shape index (κ1) is 15.5. The molecule has 20 heavy (non-hydrogen) atoms. The van der Waals surface area contributed by atoms with Crippen molar-refractivity contribution in [3.05, 3.63) is 28.2 Å². The monoisotopic (exact) mass is 361 g/mol. The molecule has 0 bridgehead atoms. The van der Waals surface area contributed by atoms with Crippen molar-refractivity contribution in [3.8, 4) is 0 Å². The largest absolute Gasteiger partial charge is 0.478 e. The topological polar surface area (TPSA) is 74.7 Å². The Labute approximate surface area is 126 Å². The molecule has 7 heteroatoms. The van der Waals surface area contributed by atoms with Crippen molar-refractivity contribution in [1.82, 2.24) is 4.31 Å². The van der Waals surface area contributed by atoms with Crippen molar-refractivity contribution >= 4 is 31.9 Å². The van der Waals surface area contributed by atoms with Crippen LogP contribution in [-0.2, 0) is 10.0 Å². The number of aromatic carboxylic acids is 1. The molecule has 0 radical (unpaired) electrons. The lowest BCUT2D eigenvalue weighted by molar-refractivity contribution is 0.0695. The maximum atomic E-state index is 12.6. The highest BCUT2D eigenvalue weighted by Gasteiger charge is 2.28. The lowest BCUT2D eigenvalue weighted by atomic mass is 10.2. The smallest absolute Gasteiger partial charge is 0.336 e. The van der Waals surface area contributed by atoms with Gasteiger partial charge in [0.2, 0.25) is 10.0 Å². The number of hydrogen-bond acceptors (Lipinski definition) is 3. The maximum Gasteiger partial charge on any atom is 0.336 e. The summed E-state index contributed by atoms with van der Waals surface area (Å²) in [5, 5.41) is 9.07.